The van der Waals surface area contributed by atoms with Crippen molar-refractivity contribution in [2.24, 2.45) is 0 Å². The molecule has 2 fully saturated rings. The Morgan fingerprint density at radius 2 is 1.77 bits per heavy atom. The van der Waals surface area contributed by atoms with E-state index in [-0.39, 0.29) is 5.91 Å². The molecule has 2 aliphatic rings. The maximum atomic E-state index is 13.3. The molecule has 138 valence electrons. The maximum absolute atomic E-state index is 13.3. The fourth-order valence-corrected chi connectivity index (χ4v) is 4.40. The predicted molar refractivity (Wildman–Crippen MR) is 106 cm³/mol. The van der Waals surface area contributed by atoms with Gasteiger partial charge in [-0.2, -0.15) is 0 Å². The molecule has 4 rings (SSSR count). The second-order valence-electron chi connectivity index (χ2n) is 8.03. The number of carbonyl (C=O) groups excluding carboxylic acids is 1. The van der Waals surface area contributed by atoms with Gasteiger partial charge in [0.1, 0.15) is 0 Å². The third-order valence-electron chi connectivity index (χ3n) is 6.00. The molecule has 4 nitrogen and oxygen atoms in total. The lowest BCUT2D eigenvalue weighted by Crippen LogP contribution is -2.51. The molecule has 1 aromatic heterocycles. The van der Waals surface area contributed by atoms with Gasteiger partial charge < -0.3 is 4.90 Å². The van der Waals surface area contributed by atoms with Gasteiger partial charge in [0.25, 0.3) is 5.91 Å². The smallest absolute Gasteiger partial charge is 0.254 e. The normalized spacial score (nSPS) is 19.6. The Labute approximate surface area is 156 Å². The molecule has 1 aliphatic heterocycles. The summed E-state index contributed by atoms with van der Waals surface area (Å²) in [5, 5.41) is 0.972. The summed E-state index contributed by atoms with van der Waals surface area (Å²) in [6, 6.07) is 10.8. The number of carbonyl (C=O) groups is 1. The van der Waals surface area contributed by atoms with Gasteiger partial charge in [-0.1, -0.05) is 44.9 Å². The largest absolute Gasteiger partial charge is 0.336 e. The summed E-state index contributed by atoms with van der Waals surface area (Å²) in [5.41, 5.74) is 2.73. The van der Waals surface area contributed by atoms with Crippen LogP contribution >= 0.6 is 0 Å². The molecule has 1 aliphatic carbocycles. The highest BCUT2D eigenvalue weighted by atomic mass is 16.2. The Kier molecular flexibility index (Phi) is 4.94. The molecule has 1 amide bonds. The van der Waals surface area contributed by atoms with Crippen LogP contribution in [0.15, 0.2) is 30.3 Å². The van der Waals surface area contributed by atoms with E-state index in [1.807, 2.05) is 35.2 Å². The van der Waals surface area contributed by atoms with Gasteiger partial charge in [0, 0.05) is 43.3 Å². The zero-order valence-electron chi connectivity index (χ0n) is 15.9. The molecule has 0 N–H and O–H groups in total. The number of benzene rings is 1. The first-order valence-electron chi connectivity index (χ1n) is 10.1. The second-order valence-corrected chi connectivity index (χ2v) is 8.03. The fraction of sp³-hybridized carbons (Fsp3) is 0.545. The van der Waals surface area contributed by atoms with Crippen LogP contribution in [0, 0.1) is 0 Å². The van der Waals surface area contributed by atoms with Gasteiger partial charge in [-0.3, -0.25) is 14.7 Å². The van der Waals surface area contributed by atoms with Crippen LogP contribution in [-0.4, -0.2) is 52.9 Å². The van der Waals surface area contributed by atoms with Crippen LogP contribution in [0.2, 0.25) is 0 Å². The molecule has 1 saturated heterocycles. The van der Waals surface area contributed by atoms with E-state index in [4.69, 9.17) is 4.98 Å². The molecule has 26 heavy (non-hydrogen) atoms. The quantitative estimate of drug-likeness (QED) is 0.837. The Morgan fingerprint density at radius 3 is 2.46 bits per heavy atom. The van der Waals surface area contributed by atoms with Gasteiger partial charge in [-0.15, -0.1) is 0 Å². The molecule has 0 unspecified atom stereocenters. The Balaban J connectivity index is 1.56. The molecule has 2 aromatic rings. The summed E-state index contributed by atoms with van der Waals surface area (Å²) >= 11 is 0. The SMILES string of the molecule is CC(C)c1cc(C(=O)N2CCN(C3CCCC3)CC2)c2ccccc2n1. The number of piperazine rings is 1. The number of nitrogens with zero attached hydrogens (tertiary/aromatic N) is 3. The van der Waals surface area contributed by atoms with Gasteiger partial charge >= 0.3 is 0 Å². The van der Waals surface area contributed by atoms with E-state index < -0.39 is 0 Å². The van der Waals surface area contributed by atoms with Crippen LogP contribution < -0.4 is 0 Å². The van der Waals surface area contributed by atoms with Gasteiger partial charge in [0.05, 0.1) is 11.1 Å². The average Bonchev–Trinajstić information content (AvgIpc) is 3.21. The van der Waals surface area contributed by atoms with Crippen molar-refractivity contribution in [1.82, 2.24) is 14.8 Å². The van der Waals surface area contributed by atoms with E-state index in [9.17, 15) is 4.79 Å². The van der Waals surface area contributed by atoms with Crippen molar-refractivity contribution in [3.8, 4) is 0 Å². The van der Waals surface area contributed by atoms with E-state index in [0.29, 0.717) is 5.92 Å². The molecule has 0 radical (unpaired) electrons. The van der Waals surface area contributed by atoms with E-state index in [2.05, 4.69) is 18.7 Å². The lowest BCUT2D eigenvalue weighted by Gasteiger charge is -2.38. The van der Waals surface area contributed by atoms with Crippen molar-refractivity contribution >= 4 is 16.8 Å². The van der Waals surface area contributed by atoms with E-state index in [0.717, 1.165) is 54.4 Å². The number of rotatable bonds is 3. The molecule has 0 atom stereocenters. The molecule has 0 bridgehead atoms. The van der Waals surface area contributed by atoms with Crippen LogP contribution in [0.3, 0.4) is 0 Å². The summed E-state index contributed by atoms with van der Waals surface area (Å²) in [7, 11) is 0. The van der Waals surface area contributed by atoms with Crippen molar-refractivity contribution in [2.75, 3.05) is 26.2 Å². The molecular formula is C22H29N3O. The number of hydrogen-bond acceptors (Lipinski definition) is 3. The summed E-state index contributed by atoms with van der Waals surface area (Å²) < 4.78 is 0. The minimum Gasteiger partial charge on any atom is -0.336 e. The first kappa shape index (κ1) is 17.5. The molecule has 1 aromatic carbocycles. The number of pyridine rings is 1. The van der Waals surface area contributed by atoms with Gasteiger partial charge in [0.2, 0.25) is 0 Å². The lowest BCUT2D eigenvalue weighted by molar-refractivity contribution is 0.0575. The van der Waals surface area contributed by atoms with E-state index in [1.165, 1.54) is 25.7 Å². The van der Waals surface area contributed by atoms with Crippen LogP contribution in [0.1, 0.15) is 61.5 Å². The predicted octanol–water partition coefficient (Wildman–Crippen LogP) is 4.06. The first-order valence-corrected chi connectivity index (χ1v) is 10.1. The number of hydrogen-bond donors (Lipinski definition) is 0. The third-order valence-corrected chi connectivity index (χ3v) is 6.00. The van der Waals surface area contributed by atoms with Crippen molar-refractivity contribution in [3.05, 3.63) is 41.6 Å². The maximum Gasteiger partial charge on any atom is 0.254 e. The highest BCUT2D eigenvalue weighted by Gasteiger charge is 2.29. The van der Waals surface area contributed by atoms with Crippen LogP contribution in [-0.2, 0) is 0 Å². The number of aromatic nitrogens is 1. The second kappa shape index (κ2) is 7.36. The van der Waals surface area contributed by atoms with Crippen LogP contribution in [0.25, 0.3) is 10.9 Å². The van der Waals surface area contributed by atoms with Crippen LogP contribution in [0.4, 0.5) is 0 Å². The van der Waals surface area contributed by atoms with Crippen molar-refractivity contribution in [2.45, 2.75) is 51.5 Å². The number of para-hydroxylation sites is 1. The minimum atomic E-state index is 0.163. The Morgan fingerprint density at radius 1 is 1.08 bits per heavy atom. The summed E-state index contributed by atoms with van der Waals surface area (Å²) in [4.78, 5) is 22.7. The summed E-state index contributed by atoms with van der Waals surface area (Å²) in [6.45, 7) is 7.95. The van der Waals surface area contributed by atoms with Crippen molar-refractivity contribution < 1.29 is 4.79 Å². The monoisotopic (exact) mass is 351 g/mol. The summed E-state index contributed by atoms with van der Waals surface area (Å²) in [6.07, 6.45) is 5.40. The third kappa shape index (κ3) is 3.35. The lowest BCUT2D eigenvalue weighted by atomic mass is 10.0. The minimum absolute atomic E-state index is 0.163. The molecule has 1 saturated carbocycles. The standard InChI is InChI=1S/C22H29N3O/c1-16(2)21-15-19(18-9-5-6-10-20(18)23-21)22(26)25-13-11-24(12-14-25)17-7-3-4-8-17/h5-6,9-10,15-17H,3-4,7-8,11-14H2,1-2H3. The topological polar surface area (TPSA) is 36.4 Å². The zero-order valence-corrected chi connectivity index (χ0v) is 15.9. The highest BCUT2D eigenvalue weighted by molar-refractivity contribution is 6.06. The highest BCUT2D eigenvalue weighted by Crippen LogP contribution is 2.26. The average molecular weight is 351 g/mol. The number of fused-ring (bicyclic) bond motifs is 1. The fourth-order valence-electron chi connectivity index (χ4n) is 4.40. The van der Waals surface area contributed by atoms with E-state index in [1.54, 1.807) is 0 Å². The van der Waals surface area contributed by atoms with Crippen LogP contribution in [0.5, 0.6) is 0 Å². The van der Waals surface area contributed by atoms with Gasteiger partial charge in [-0.25, -0.2) is 0 Å². The van der Waals surface area contributed by atoms with E-state index >= 15 is 0 Å². The molecule has 0 spiro atoms. The Bertz CT molecular complexity index is 787. The van der Waals surface area contributed by atoms with Crippen molar-refractivity contribution in [3.63, 3.8) is 0 Å². The van der Waals surface area contributed by atoms with Crippen molar-refractivity contribution in [1.29, 1.82) is 0 Å². The Hall–Kier alpha value is -1.94. The molecule has 4 heteroatoms. The van der Waals surface area contributed by atoms with Gasteiger partial charge in [-0.05, 0) is 30.9 Å². The first-order chi connectivity index (χ1) is 12.6. The number of amides is 1. The zero-order chi connectivity index (χ0) is 18.1. The molecular weight excluding hydrogens is 322 g/mol. The molecule has 2 heterocycles. The summed E-state index contributed by atoms with van der Waals surface area (Å²) in [5.74, 6) is 0.474. The van der Waals surface area contributed by atoms with Gasteiger partial charge in [0.15, 0.2) is 0 Å².